The van der Waals surface area contributed by atoms with Crippen molar-refractivity contribution in [1.29, 1.82) is 0 Å². The van der Waals surface area contributed by atoms with Crippen molar-refractivity contribution in [3.63, 3.8) is 0 Å². The van der Waals surface area contributed by atoms with Crippen molar-refractivity contribution < 1.29 is 28.3 Å². The average Bonchev–Trinajstić information content (AvgIpc) is 3.51. The number of fused-ring (bicyclic) bond motifs is 1. The SMILES string of the molecule is O=C(OCc1cc(-c2ccc3c(c2)OCO3)on1)C1CC(=O)N(c2ccc(Cl)cc2)C1. The molecular formula is C22H17ClN2O6. The number of hydrogen-bond donors (Lipinski definition) is 0. The third-order valence-corrected chi connectivity index (χ3v) is 5.43. The van der Waals surface area contributed by atoms with E-state index in [1.165, 1.54) is 0 Å². The zero-order chi connectivity index (χ0) is 21.4. The fourth-order valence-electron chi connectivity index (χ4n) is 3.56. The molecule has 8 nitrogen and oxygen atoms in total. The van der Waals surface area contributed by atoms with Gasteiger partial charge in [0.25, 0.3) is 0 Å². The molecule has 0 radical (unpaired) electrons. The van der Waals surface area contributed by atoms with E-state index >= 15 is 0 Å². The number of carbonyl (C=O) groups is 2. The average molecular weight is 441 g/mol. The van der Waals surface area contributed by atoms with Crippen LogP contribution in [0.5, 0.6) is 11.5 Å². The third kappa shape index (κ3) is 3.94. The molecule has 0 spiro atoms. The predicted molar refractivity (Wildman–Crippen MR) is 110 cm³/mol. The van der Waals surface area contributed by atoms with Gasteiger partial charge in [-0.2, -0.15) is 0 Å². The Balaban J connectivity index is 1.19. The maximum Gasteiger partial charge on any atom is 0.311 e. The van der Waals surface area contributed by atoms with Gasteiger partial charge in [0.15, 0.2) is 17.3 Å². The fourth-order valence-corrected chi connectivity index (χ4v) is 3.69. The lowest BCUT2D eigenvalue weighted by Crippen LogP contribution is -2.26. The Kier molecular flexibility index (Phi) is 4.99. The van der Waals surface area contributed by atoms with Crippen molar-refractivity contribution in [3.05, 3.63) is 59.2 Å². The molecule has 0 saturated carbocycles. The van der Waals surface area contributed by atoms with Crippen LogP contribution in [0.25, 0.3) is 11.3 Å². The van der Waals surface area contributed by atoms with Crippen LogP contribution >= 0.6 is 11.6 Å². The lowest BCUT2D eigenvalue weighted by atomic mass is 10.1. The van der Waals surface area contributed by atoms with Gasteiger partial charge in [0.1, 0.15) is 12.3 Å². The summed E-state index contributed by atoms with van der Waals surface area (Å²) in [5.41, 5.74) is 1.95. The Morgan fingerprint density at radius 2 is 1.94 bits per heavy atom. The summed E-state index contributed by atoms with van der Waals surface area (Å²) >= 11 is 5.90. The highest BCUT2D eigenvalue weighted by Gasteiger charge is 2.36. The Morgan fingerprint density at radius 3 is 2.77 bits per heavy atom. The quantitative estimate of drug-likeness (QED) is 0.557. The minimum atomic E-state index is -0.539. The molecule has 0 aliphatic carbocycles. The lowest BCUT2D eigenvalue weighted by Gasteiger charge is -2.16. The first kappa shape index (κ1) is 19.4. The number of hydrogen-bond acceptors (Lipinski definition) is 7. The number of nitrogens with zero attached hydrogens (tertiary/aromatic N) is 2. The Bertz CT molecular complexity index is 1140. The number of carbonyl (C=O) groups excluding carboxylic acids is 2. The van der Waals surface area contributed by atoms with Crippen LogP contribution in [-0.2, 0) is 20.9 Å². The van der Waals surface area contributed by atoms with Crippen molar-refractivity contribution in [3.8, 4) is 22.8 Å². The second-order valence-corrected chi connectivity index (χ2v) is 7.68. The van der Waals surface area contributed by atoms with Gasteiger partial charge in [-0.15, -0.1) is 0 Å². The van der Waals surface area contributed by atoms with Crippen LogP contribution in [0, 0.1) is 5.92 Å². The molecule has 0 bridgehead atoms. The van der Waals surface area contributed by atoms with E-state index in [1.807, 2.05) is 6.07 Å². The highest BCUT2D eigenvalue weighted by Crippen LogP contribution is 2.36. The molecule has 1 atom stereocenters. The fraction of sp³-hybridized carbons (Fsp3) is 0.227. The lowest BCUT2D eigenvalue weighted by molar-refractivity contribution is -0.149. The van der Waals surface area contributed by atoms with Gasteiger partial charge >= 0.3 is 5.97 Å². The van der Waals surface area contributed by atoms with Gasteiger partial charge in [-0.25, -0.2) is 0 Å². The molecule has 3 heterocycles. The van der Waals surface area contributed by atoms with E-state index in [2.05, 4.69) is 5.16 Å². The van der Waals surface area contributed by atoms with Gasteiger partial charge in [-0.05, 0) is 42.5 Å². The maximum absolute atomic E-state index is 12.5. The van der Waals surface area contributed by atoms with Gasteiger partial charge in [-0.3, -0.25) is 9.59 Å². The number of aromatic nitrogens is 1. The summed E-state index contributed by atoms with van der Waals surface area (Å²) in [4.78, 5) is 26.4. The van der Waals surface area contributed by atoms with E-state index in [0.717, 1.165) is 5.56 Å². The second-order valence-electron chi connectivity index (χ2n) is 7.24. The molecule has 1 amide bonds. The van der Waals surface area contributed by atoms with E-state index in [-0.39, 0.29) is 32.3 Å². The van der Waals surface area contributed by atoms with Crippen LogP contribution in [-0.4, -0.2) is 30.4 Å². The Labute approximate surface area is 182 Å². The summed E-state index contributed by atoms with van der Waals surface area (Å²) in [5.74, 6) is 0.722. The van der Waals surface area contributed by atoms with Crippen molar-refractivity contribution in [2.45, 2.75) is 13.0 Å². The van der Waals surface area contributed by atoms with Crippen LogP contribution in [0.4, 0.5) is 5.69 Å². The zero-order valence-corrected chi connectivity index (χ0v) is 17.0. The van der Waals surface area contributed by atoms with Crippen molar-refractivity contribution >= 4 is 29.2 Å². The summed E-state index contributed by atoms with van der Waals surface area (Å²) in [6.07, 6.45) is 0.0999. The summed E-state index contributed by atoms with van der Waals surface area (Å²) in [6.45, 7) is 0.411. The van der Waals surface area contributed by atoms with Crippen molar-refractivity contribution in [1.82, 2.24) is 5.16 Å². The first-order valence-corrected chi connectivity index (χ1v) is 10.0. The molecule has 3 aromatic rings. The Hall–Kier alpha value is -3.52. The van der Waals surface area contributed by atoms with E-state index < -0.39 is 11.9 Å². The van der Waals surface area contributed by atoms with E-state index in [0.29, 0.717) is 33.7 Å². The van der Waals surface area contributed by atoms with E-state index in [9.17, 15) is 9.59 Å². The van der Waals surface area contributed by atoms with Gasteiger partial charge < -0.3 is 23.6 Å². The highest BCUT2D eigenvalue weighted by atomic mass is 35.5. The molecular weight excluding hydrogens is 424 g/mol. The Morgan fingerprint density at radius 1 is 1.13 bits per heavy atom. The van der Waals surface area contributed by atoms with E-state index in [4.69, 9.17) is 30.3 Å². The maximum atomic E-state index is 12.5. The highest BCUT2D eigenvalue weighted by molar-refractivity contribution is 6.30. The van der Waals surface area contributed by atoms with Crippen molar-refractivity contribution in [2.75, 3.05) is 18.2 Å². The number of ether oxygens (including phenoxy) is 3. The molecule has 2 aliphatic rings. The van der Waals surface area contributed by atoms with Gasteiger partial charge in [0, 0.05) is 35.3 Å². The zero-order valence-electron chi connectivity index (χ0n) is 16.2. The van der Waals surface area contributed by atoms with E-state index in [1.54, 1.807) is 47.4 Å². The standard InChI is InChI=1S/C22H17ClN2O6/c23-15-2-4-17(5-3-15)25-10-14(8-21(25)26)22(27)28-11-16-9-19(31-24-16)13-1-6-18-20(7-13)30-12-29-18/h1-7,9,14H,8,10-12H2. The summed E-state index contributed by atoms with van der Waals surface area (Å²) in [5, 5.41) is 4.54. The molecule has 1 fully saturated rings. The smallest absolute Gasteiger partial charge is 0.311 e. The molecule has 1 saturated heterocycles. The predicted octanol–water partition coefficient (Wildman–Crippen LogP) is 3.82. The monoisotopic (exact) mass is 440 g/mol. The number of anilines is 1. The van der Waals surface area contributed by atoms with Crippen LogP contribution in [0.2, 0.25) is 5.02 Å². The summed E-state index contributed by atoms with van der Waals surface area (Å²) in [6, 6.07) is 14.0. The first-order chi connectivity index (χ1) is 15.1. The van der Waals surface area contributed by atoms with Gasteiger partial charge in [0.2, 0.25) is 12.7 Å². The van der Waals surface area contributed by atoms with Crippen LogP contribution in [0.15, 0.2) is 53.1 Å². The van der Waals surface area contributed by atoms with Crippen molar-refractivity contribution in [2.24, 2.45) is 5.92 Å². The van der Waals surface area contributed by atoms with Gasteiger partial charge in [0.05, 0.1) is 5.92 Å². The minimum absolute atomic E-state index is 0.0431. The molecule has 31 heavy (non-hydrogen) atoms. The molecule has 5 rings (SSSR count). The first-order valence-electron chi connectivity index (χ1n) is 9.65. The number of rotatable bonds is 5. The number of benzene rings is 2. The minimum Gasteiger partial charge on any atom is -0.459 e. The number of esters is 1. The molecule has 9 heteroatoms. The molecule has 2 aliphatic heterocycles. The second kappa shape index (κ2) is 7.96. The molecule has 2 aromatic carbocycles. The largest absolute Gasteiger partial charge is 0.459 e. The number of amides is 1. The van der Waals surface area contributed by atoms with Crippen LogP contribution in [0.1, 0.15) is 12.1 Å². The van der Waals surface area contributed by atoms with Crippen LogP contribution in [0.3, 0.4) is 0 Å². The molecule has 1 unspecified atom stereocenters. The summed E-state index contributed by atoms with van der Waals surface area (Å²) in [7, 11) is 0. The molecule has 1 aromatic heterocycles. The molecule has 0 N–H and O–H groups in total. The number of halogens is 1. The normalized spacial score (nSPS) is 17.3. The van der Waals surface area contributed by atoms with Gasteiger partial charge in [-0.1, -0.05) is 16.8 Å². The topological polar surface area (TPSA) is 91.1 Å². The molecule has 158 valence electrons. The summed E-state index contributed by atoms with van der Waals surface area (Å²) < 4.78 is 21.4. The third-order valence-electron chi connectivity index (χ3n) is 5.18. The van der Waals surface area contributed by atoms with Crippen LogP contribution < -0.4 is 14.4 Å².